The molecule has 168 valence electrons. The molecule has 9 nitrogen and oxygen atoms in total. The Hall–Kier alpha value is -3.49. The van der Waals surface area contributed by atoms with Crippen LogP contribution >= 0.6 is 0 Å². The van der Waals surface area contributed by atoms with Crippen LogP contribution in [0.15, 0.2) is 41.3 Å². The van der Waals surface area contributed by atoms with E-state index >= 15 is 0 Å². The zero-order valence-electron chi connectivity index (χ0n) is 18.7. The normalized spacial score (nSPS) is 16.1. The Morgan fingerprint density at radius 1 is 1.28 bits per heavy atom. The maximum Gasteiger partial charge on any atom is 0.254 e. The Morgan fingerprint density at radius 3 is 2.81 bits per heavy atom. The van der Waals surface area contributed by atoms with Crippen LogP contribution in [0, 0.1) is 0 Å². The van der Waals surface area contributed by atoms with Crippen LogP contribution in [0.4, 0.5) is 5.95 Å². The second-order valence-electron chi connectivity index (χ2n) is 8.03. The number of anilines is 1. The molecule has 32 heavy (non-hydrogen) atoms. The number of aryl methyl sites for hydroxylation is 1. The molecule has 0 saturated carbocycles. The van der Waals surface area contributed by atoms with Crippen LogP contribution in [0.25, 0.3) is 11.1 Å². The van der Waals surface area contributed by atoms with Crippen molar-refractivity contribution in [3.8, 4) is 17.0 Å². The van der Waals surface area contributed by atoms with Crippen molar-refractivity contribution < 1.29 is 14.1 Å². The smallest absolute Gasteiger partial charge is 0.254 e. The summed E-state index contributed by atoms with van der Waals surface area (Å²) in [7, 11) is 5.37. The van der Waals surface area contributed by atoms with Crippen molar-refractivity contribution in [3.05, 3.63) is 48.2 Å². The molecule has 1 aliphatic rings. The maximum absolute atomic E-state index is 13.3. The lowest BCUT2D eigenvalue weighted by Gasteiger charge is -2.36. The van der Waals surface area contributed by atoms with Gasteiger partial charge in [-0.15, -0.1) is 0 Å². The fourth-order valence-corrected chi connectivity index (χ4v) is 4.00. The molecule has 0 aromatic carbocycles. The Labute approximate surface area is 187 Å². The van der Waals surface area contributed by atoms with E-state index in [2.05, 4.69) is 15.1 Å². The minimum Gasteiger partial charge on any atom is -0.479 e. The van der Waals surface area contributed by atoms with Crippen molar-refractivity contribution in [1.82, 2.24) is 25.0 Å². The van der Waals surface area contributed by atoms with E-state index in [0.29, 0.717) is 37.0 Å². The minimum absolute atomic E-state index is 0.0794. The van der Waals surface area contributed by atoms with Gasteiger partial charge in [-0.1, -0.05) is 0 Å². The first-order valence-corrected chi connectivity index (χ1v) is 10.8. The van der Waals surface area contributed by atoms with Gasteiger partial charge in [-0.25, -0.2) is 9.97 Å². The summed E-state index contributed by atoms with van der Waals surface area (Å²) in [5.74, 6) is 1.76. The summed E-state index contributed by atoms with van der Waals surface area (Å²) in [6.07, 6.45) is 9.07. The summed E-state index contributed by atoms with van der Waals surface area (Å²) in [5, 5.41) is 3.81. The molecule has 3 aromatic heterocycles. The Kier molecular flexibility index (Phi) is 6.63. The van der Waals surface area contributed by atoms with Crippen LogP contribution in [-0.4, -0.2) is 58.7 Å². The van der Waals surface area contributed by atoms with Crippen LogP contribution in [-0.2, 0) is 11.2 Å². The van der Waals surface area contributed by atoms with E-state index < -0.39 is 0 Å². The molecule has 0 bridgehead atoms. The van der Waals surface area contributed by atoms with E-state index in [4.69, 9.17) is 14.2 Å². The van der Waals surface area contributed by atoms with Crippen molar-refractivity contribution in [2.24, 2.45) is 0 Å². The minimum atomic E-state index is -0.106. The predicted molar refractivity (Wildman–Crippen MR) is 119 cm³/mol. The summed E-state index contributed by atoms with van der Waals surface area (Å²) in [4.78, 5) is 30.7. The SMILES string of the molecule is COc1cc(CCC(=O)N2CCCC[C@H]2c2nc(N(C)C)ncc2-c2ccncc2)on1. The van der Waals surface area contributed by atoms with Crippen LogP contribution in [0.2, 0.25) is 0 Å². The average molecular weight is 437 g/mol. The topological polar surface area (TPSA) is 97.5 Å². The lowest BCUT2D eigenvalue weighted by molar-refractivity contribution is -0.135. The van der Waals surface area contributed by atoms with Gasteiger partial charge < -0.3 is 19.1 Å². The number of aromatic nitrogens is 4. The molecule has 1 amide bonds. The molecule has 1 saturated heterocycles. The molecule has 1 fully saturated rings. The first-order chi connectivity index (χ1) is 15.6. The molecule has 3 aromatic rings. The zero-order valence-corrected chi connectivity index (χ0v) is 18.7. The van der Waals surface area contributed by atoms with Crippen LogP contribution in [0.5, 0.6) is 5.88 Å². The van der Waals surface area contributed by atoms with E-state index in [1.165, 1.54) is 7.11 Å². The molecule has 1 aliphatic heterocycles. The summed E-state index contributed by atoms with van der Waals surface area (Å²) < 4.78 is 10.3. The van der Waals surface area contributed by atoms with Crippen LogP contribution in [0.3, 0.4) is 0 Å². The zero-order chi connectivity index (χ0) is 22.5. The highest BCUT2D eigenvalue weighted by atomic mass is 16.5. The van der Waals surface area contributed by atoms with Gasteiger partial charge in [0.1, 0.15) is 5.76 Å². The molecule has 0 spiro atoms. The van der Waals surface area contributed by atoms with Gasteiger partial charge in [-0.2, -0.15) is 0 Å². The molecule has 0 N–H and O–H groups in total. The fourth-order valence-electron chi connectivity index (χ4n) is 4.00. The molecular formula is C23H28N6O3. The second-order valence-corrected chi connectivity index (χ2v) is 8.03. The van der Waals surface area contributed by atoms with Crippen molar-refractivity contribution in [3.63, 3.8) is 0 Å². The summed E-state index contributed by atoms with van der Waals surface area (Å²) in [6, 6.07) is 5.51. The van der Waals surface area contributed by atoms with Crippen molar-refractivity contribution >= 4 is 11.9 Å². The summed E-state index contributed by atoms with van der Waals surface area (Å²) in [6.45, 7) is 0.709. The van der Waals surface area contributed by atoms with Gasteiger partial charge in [-0.3, -0.25) is 9.78 Å². The number of hydrogen-bond acceptors (Lipinski definition) is 8. The van der Waals surface area contributed by atoms with E-state index in [9.17, 15) is 4.79 Å². The van der Waals surface area contributed by atoms with Gasteiger partial charge in [0, 0.05) is 63.7 Å². The first kappa shape index (κ1) is 21.7. The third-order valence-electron chi connectivity index (χ3n) is 5.67. The Morgan fingerprint density at radius 2 is 2.09 bits per heavy atom. The standard InChI is InChI=1S/C23H28N6O3/c1-28(2)23-25-15-18(16-9-11-24-12-10-16)22(26-23)19-6-4-5-13-29(19)21(30)8-7-17-14-20(31-3)27-32-17/h9-12,14-15,19H,4-8,13H2,1-3H3/t19-/m0/s1. The lowest BCUT2D eigenvalue weighted by atomic mass is 9.93. The van der Waals surface area contributed by atoms with Crippen molar-refractivity contribution in [2.45, 2.75) is 38.1 Å². The van der Waals surface area contributed by atoms with E-state index in [1.54, 1.807) is 18.5 Å². The highest BCUT2D eigenvalue weighted by Gasteiger charge is 2.31. The third kappa shape index (κ3) is 4.71. The average Bonchev–Trinajstić information content (AvgIpc) is 3.31. The molecule has 0 unspecified atom stereocenters. The van der Waals surface area contributed by atoms with Crippen molar-refractivity contribution in [1.29, 1.82) is 0 Å². The number of nitrogens with zero attached hydrogens (tertiary/aromatic N) is 6. The maximum atomic E-state index is 13.3. The summed E-state index contributed by atoms with van der Waals surface area (Å²) in [5.41, 5.74) is 2.80. The number of carbonyl (C=O) groups excluding carboxylic acids is 1. The van der Waals surface area contributed by atoms with Gasteiger partial charge in [0.2, 0.25) is 11.9 Å². The van der Waals surface area contributed by atoms with Gasteiger partial charge in [0.05, 0.1) is 18.8 Å². The monoisotopic (exact) mass is 436 g/mol. The quantitative estimate of drug-likeness (QED) is 0.557. The van der Waals surface area contributed by atoms with Gasteiger partial charge >= 0.3 is 0 Å². The number of likely N-dealkylation sites (tertiary alicyclic amines) is 1. The summed E-state index contributed by atoms with van der Waals surface area (Å²) >= 11 is 0. The second kappa shape index (κ2) is 9.76. The number of ether oxygens (including phenoxy) is 1. The number of hydrogen-bond donors (Lipinski definition) is 0. The number of methoxy groups -OCH3 is 1. The number of piperidine rings is 1. The molecule has 4 heterocycles. The largest absolute Gasteiger partial charge is 0.479 e. The number of amides is 1. The van der Waals surface area contributed by atoms with Crippen molar-refractivity contribution in [2.75, 3.05) is 32.6 Å². The van der Waals surface area contributed by atoms with E-state index in [1.807, 2.05) is 42.2 Å². The molecule has 0 aliphatic carbocycles. The van der Waals surface area contributed by atoms with Gasteiger partial charge in [0.25, 0.3) is 5.88 Å². The number of pyridine rings is 1. The Bertz CT molecular complexity index is 1050. The number of carbonyl (C=O) groups is 1. The van der Waals surface area contributed by atoms with Gasteiger partial charge in [0.15, 0.2) is 0 Å². The highest BCUT2D eigenvalue weighted by molar-refractivity contribution is 5.78. The van der Waals surface area contributed by atoms with Gasteiger partial charge in [-0.05, 0) is 42.1 Å². The Balaban J connectivity index is 1.62. The fraction of sp³-hybridized carbons (Fsp3) is 0.435. The van der Waals surface area contributed by atoms with Crippen LogP contribution in [0.1, 0.15) is 43.2 Å². The highest BCUT2D eigenvalue weighted by Crippen LogP contribution is 2.36. The van der Waals surface area contributed by atoms with Crippen LogP contribution < -0.4 is 9.64 Å². The lowest BCUT2D eigenvalue weighted by Crippen LogP contribution is -2.39. The molecular weight excluding hydrogens is 408 g/mol. The molecule has 9 heteroatoms. The molecule has 4 rings (SSSR count). The first-order valence-electron chi connectivity index (χ1n) is 10.8. The molecule has 0 radical (unpaired) electrons. The third-order valence-corrected chi connectivity index (χ3v) is 5.67. The van der Waals surface area contributed by atoms with E-state index in [-0.39, 0.29) is 11.9 Å². The molecule has 1 atom stereocenters. The number of rotatable bonds is 7. The van der Waals surface area contributed by atoms with E-state index in [0.717, 1.165) is 36.1 Å². The predicted octanol–water partition coefficient (Wildman–Crippen LogP) is 3.29.